The van der Waals surface area contributed by atoms with Crippen molar-refractivity contribution in [2.75, 3.05) is 7.11 Å². The summed E-state index contributed by atoms with van der Waals surface area (Å²) in [6, 6.07) is 24.1. The lowest BCUT2D eigenvalue weighted by molar-refractivity contribution is 0.395. The smallest absolute Gasteiger partial charge is 0.253 e. The minimum absolute atomic E-state index is 0.0909. The molecule has 6 heteroatoms. The standard InChI is InChI=1S/C28H29N3O2S/c1-19-9-12-23-15-24(27(32)30-26(23)20(19)2)18-31(17-22-10-13-25(33-3)14-11-22)28(34)29-16-21-7-5-4-6-8-21/h4-15H,16-18H2,1-3H3,(H,29,34)(H,30,32). The quantitative estimate of drug-likeness (QED) is 0.362. The first kappa shape index (κ1) is 23.5. The van der Waals surface area contributed by atoms with E-state index < -0.39 is 0 Å². The van der Waals surface area contributed by atoms with Gasteiger partial charge in [-0.1, -0.05) is 54.6 Å². The van der Waals surface area contributed by atoms with Crippen molar-refractivity contribution >= 4 is 28.2 Å². The average molecular weight is 472 g/mol. The van der Waals surface area contributed by atoms with E-state index in [0.717, 1.165) is 38.9 Å². The number of rotatable bonds is 7. The highest BCUT2D eigenvalue weighted by molar-refractivity contribution is 7.80. The summed E-state index contributed by atoms with van der Waals surface area (Å²) in [5, 5.41) is 4.97. The van der Waals surface area contributed by atoms with Gasteiger partial charge in [0.1, 0.15) is 5.75 Å². The predicted octanol–water partition coefficient (Wildman–Crippen LogP) is 5.23. The van der Waals surface area contributed by atoms with Gasteiger partial charge in [0.25, 0.3) is 5.56 Å². The third-order valence-electron chi connectivity index (χ3n) is 6.10. The summed E-state index contributed by atoms with van der Waals surface area (Å²) in [5.41, 5.74) is 5.94. The number of aryl methyl sites for hydroxylation is 2. The second-order valence-corrected chi connectivity index (χ2v) is 8.83. The molecule has 5 nitrogen and oxygen atoms in total. The highest BCUT2D eigenvalue weighted by atomic mass is 32.1. The van der Waals surface area contributed by atoms with Crippen molar-refractivity contribution in [1.82, 2.24) is 15.2 Å². The first-order valence-corrected chi connectivity index (χ1v) is 11.7. The molecular formula is C28H29N3O2S. The Labute approximate surface area is 205 Å². The van der Waals surface area contributed by atoms with Gasteiger partial charge in [0, 0.05) is 18.7 Å². The number of benzene rings is 3. The lowest BCUT2D eigenvalue weighted by atomic mass is 10.0. The van der Waals surface area contributed by atoms with Crippen LogP contribution in [-0.2, 0) is 19.6 Å². The molecule has 0 amide bonds. The zero-order valence-electron chi connectivity index (χ0n) is 19.7. The monoisotopic (exact) mass is 471 g/mol. The molecule has 0 fully saturated rings. The number of hydrogen-bond donors (Lipinski definition) is 2. The van der Waals surface area contributed by atoms with Crippen molar-refractivity contribution in [2.45, 2.75) is 33.5 Å². The minimum Gasteiger partial charge on any atom is -0.497 e. The molecule has 0 spiro atoms. The second kappa shape index (κ2) is 10.5. The van der Waals surface area contributed by atoms with Gasteiger partial charge in [-0.2, -0.15) is 0 Å². The number of H-pyrrole nitrogens is 1. The van der Waals surface area contributed by atoms with Crippen molar-refractivity contribution in [3.63, 3.8) is 0 Å². The van der Waals surface area contributed by atoms with Crippen LogP contribution in [0.25, 0.3) is 10.9 Å². The van der Waals surface area contributed by atoms with Crippen molar-refractivity contribution in [2.24, 2.45) is 0 Å². The Balaban J connectivity index is 1.61. The Morgan fingerprint density at radius 2 is 1.71 bits per heavy atom. The van der Waals surface area contributed by atoms with E-state index in [4.69, 9.17) is 17.0 Å². The van der Waals surface area contributed by atoms with E-state index in [0.29, 0.717) is 30.3 Å². The number of pyridine rings is 1. The molecule has 0 atom stereocenters. The fraction of sp³-hybridized carbons (Fsp3) is 0.214. The van der Waals surface area contributed by atoms with Crippen LogP contribution in [0.5, 0.6) is 5.75 Å². The lowest BCUT2D eigenvalue weighted by Crippen LogP contribution is -2.39. The molecule has 1 heterocycles. The molecule has 0 unspecified atom stereocenters. The molecule has 0 saturated heterocycles. The van der Waals surface area contributed by atoms with Gasteiger partial charge in [0.05, 0.1) is 19.2 Å². The Morgan fingerprint density at radius 1 is 0.971 bits per heavy atom. The van der Waals surface area contributed by atoms with Crippen LogP contribution in [-0.4, -0.2) is 22.1 Å². The van der Waals surface area contributed by atoms with Crippen LogP contribution in [0.4, 0.5) is 0 Å². The van der Waals surface area contributed by atoms with E-state index in [2.05, 4.69) is 41.5 Å². The highest BCUT2D eigenvalue weighted by Gasteiger charge is 2.15. The number of aromatic amines is 1. The van der Waals surface area contributed by atoms with Gasteiger partial charge in [0.15, 0.2) is 5.11 Å². The number of nitrogens with zero attached hydrogens (tertiary/aromatic N) is 1. The molecule has 1 aromatic heterocycles. The van der Waals surface area contributed by atoms with Gasteiger partial charge in [-0.05, 0) is 71.9 Å². The van der Waals surface area contributed by atoms with Crippen molar-refractivity contribution in [3.8, 4) is 5.75 Å². The Kier molecular flexibility index (Phi) is 7.28. The van der Waals surface area contributed by atoms with Crippen LogP contribution in [0, 0.1) is 13.8 Å². The largest absolute Gasteiger partial charge is 0.497 e. The molecule has 0 aliphatic rings. The summed E-state index contributed by atoms with van der Waals surface area (Å²) in [4.78, 5) is 18.1. The Morgan fingerprint density at radius 3 is 2.41 bits per heavy atom. The molecule has 3 aromatic carbocycles. The molecular weight excluding hydrogens is 442 g/mol. The number of thiocarbonyl (C=S) groups is 1. The van der Waals surface area contributed by atoms with Crippen LogP contribution < -0.4 is 15.6 Å². The fourth-order valence-corrected chi connectivity index (χ4v) is 4.13. The molecule has 2 N–H and O–H groups in total. The molecule has 0 aliphatic carbocycles. The third kappa shape index (κ3) is 5.46. The van der Waals surface area contributed by atoms with Crippen LogP contribution in [0.2, 0.25) is 0 Å². The maximum atomic E-state index is 13.0. The number of fused-ring (bicyclic) bond motifs is 1. The molecule has 4 rings (SSSR count). The summed E-state index contributed by atoms with van der Waals surface area (Å²) >= 11 is 5.78. The van der Waals surface area contributed by atoms with Crippen molar-refractivity contribution in [3.05, 3.63) is 111 Å². The highest BCUT2D eigenvalue weighted by Crippen LogP contribution is 2.20. The number of methoxy groups -OCH3 is 1. The number of aromatic nitrogens is 1. The molecule has 0 bridgehead atoms. The van der Waals surface area contributed by atoms with Crippen LogP contribution in [0.15, 0.2) is 77.6 Å². The number of hydrogen-bond acceptors (Lipinski definition) is 3. The van der Waals surface area contributed by atoms with Crippen LogP contribution >= 0.6 is 12.2 Å². The number of ether oxygens (including phenoxy) is 1. The maximum Gasteiger partial charge on any atom is 0.253 e. The average Bonchev–Trinajstić information content (AvgIpc) is 2.86. The summed E-state index contributed by atoms with van der Waals surface area (Å²) in [6.45, 7) is 5.66. The van der Waals surface area contributed by atoms with Gasteiger partial charge >= 0.3 is 0 Å². The van der Waals surface area contributed by atoms with E-state index in [1.54, 1.807) is 7.11 Å². The first-order valence-electron chi connectivity index (χ1n) is 11.3. The van der Waals surface area contributed by atoms with E-state index >= 15 is 0 Å². The van der Waals surface area contributed by atoms with E-state index in [1.165, 1.54) is 0 Å². The van der Waals surface area contributed by atoms with Crippen molar-refractivity contribution < 1.29 is 4.74 Å². The van der Waals surface area contributed by atoms with Crippen LogP contribution in [0.3, 0.4) is 0 Å². The van der Waals surface area contributed by atoms with Gasteiger partial charge in [-0.25, -0.2) is 0 Å². The van der Waals surface area contributed by atoms with E-state index in [1.807, 2.05) is 60.4 Å². The van der Waals surface area contributed by atoms with Gasteiger partial charge < -0.3 is 19.9 Å². The molecule has 0 saturated carbocycles. The maximum absolute atomic E-state index is 13.0. The zero-order chi connectivity index (χ0) is 24.1. The molecule has 0 aliphatic heterocycles. The Bertz CT molecular complexity index is 1350. The number of nitrogens with one attached hydrogen (secondary N) is 2. The SMILES string of the molecule is COc1ccc(CN(Cc2cc3ccc(C)c(C)c3[nH]c2=O)C(=S)NCc2ccccc2)cc1. The molecule has 4 aromatic rings. The summed E-state index contributed by atoms with van der Waals surface area (Å²) in [7, 11) is 1.65. The van der Waals surface area contributed by atoms with E-state index in [9.17, 15) is 4.79 Å². The third-order valence-corrected chi connectivity index (χ3v) is 6.50. The van der Waals surface area contributed by atoms with Gasteiger partial charge in [-0.3, -0.25) is 4.79 Å². The summed E-state index contributed by atoms with van der Waals surface area (Å²) < 4.78 is 5.28. The van der Waals surface area contributed by atoms with Gasteiger partial charge in [0.2, 0.25) is 0 Å². The Hall–Kier alpha value is -3.64. The second-order valence-electron chi connectivity index (χ2n) is 8.44. The normalized spacial score (nSPS) is 10.8. The summed E-state index contributed by atoms with van der Waals surface area (Å²) in [5.74, 6) is 0.803. The molecule has 174 valence electrons. The first-order chi connectivity index (χ1) is 16.4. The fourth-order valence-electron chi connectivity index (χ4n) is 3.93. The molecule has 34 heavy (non-hydrogen) atoms. The topological polar surface area (TPSA) is 57.4 Å². The predicted molar refractivity (Wildman–Crippen MR) is 142 cm³/mol. The van der Waals surface area contributed by atoms with E-state index in [-0.39, 0.29) is 5.56 Å². The minimum atomic E-state index is -0.0909. The lowest BCUT2D eigenvalue weighted by Gasteiger charge is -2.26. The van der Waals surface area contributed by atoms with Crippen LogP contribution in [0.1, 0.15) is 27.8 Å². The van der Waals surface area contributed by atoms with Gasteiger partial charge in [-0.15, -0.1) is 0 Å². The zero-order valence-corrected chi connectivity index (χ0v) is 20.5. The summed E-state index contributed by atoms with van der Waals surface area (Å²) in [6.07, 6.45) is 0. The molecule has 0 radical (unpaired) electrons. The van der Waals surface area contributed by atoms with Crippen molar-refractivity contribution in [1.29, 1.82) is 0 Å².